The second-order valence-electron chi connectivity index (χ2n) is 1.03. The summed E-state index contributed by atoms with van der Waals surface area (Å²) in [6, 6.07) is 0. The van der Waals surface area contributed by atoms with E-state index in [0.29, 0.717) is 0 Å². The van der Waals surface area contributed by atoms with E-state index >= 15 is 0 Å². The topological polar surface area (TPSA) is 187 Å². The molecule has 0 aromatic rings. The molecule has 0 unspecified atom stereocenters. The van der Waals surface area contributed by atoms with Crippen molar-refractivity contribution in [3.63, 3.8) is 0 Å². The van der Waals surface area contributed by atoms with Crippen molar-refractivity contribution in [2.75, 3.05) is 0 Å². The molecule has 8 N–H and O–H groups in total. The fourth-order valence-electron chi connectivity index (χ4n) is 0. The van der Waals surface area contributed by atoms with E-state index in [-0.39, 0.29) is 43.2 Å². The van der Waals surface area contributed by atoms with Crippen LogP contribution in [-0.2, 0) is 9.13 Å². The average Bonchev–Trinajstić information content (AvgIpc) is 1.12. The predicted molar refractivity (Wildman–Crippen MR) is 37.9 cm³/mol. The molecule has 0 bridgehead atoms. The zero-order chi connectivity index (χ0) is 9.00. The summed E-state index contributed by atoms with van der Waals surface area (Å²) in [5.41, 5.74) is 0. The third-order valence-electron chi connectivity index (χ3n) is 0. The van der Waals surface area contributed by atoms with Gasteiger partial charge < -0.3 is 34.8 Å². The monoisotopic (exact) mass is 254 g/mol. The molecular formula is H8CaO9P2+2. The summed E-state index contributed by atoms with van der Waals surface area (Å²) in [6.45, 7) is 0. The van der Waals surface area contributed by atoms with E-state index in [0.717, 1.165) is 0 Å². The average molecular weight is 254 g/mol. The van der Waals surface area contributed by atoms with Gasteiger partial charge in [0.05, 0.1) is 0 Å². The molecule has 0 radical (unpaired) electrons. The molecule has 0 aliphatic rings. The Morgan fingerprint density at radius 2 is 0.667 bits per heavy atom. The zero-order valence-corrected chi connectivity index (χ0v) is 9.60. The summed E-state index contributed by atoms with van der Waals surface area (Å²) >= 11 is 0. The van der Waals surface area contributed by atoms with E-state index in [9.17, 15) is 0 Å². The first-order chi connectivity index (χ1) is 4.00. The van der Waals surface area contributed by atoms with E-state index in [1.165, 1.54) is 0 Å². The van der Waals surface area contributed by atoms with Crippen molar-refractivity contribution >= 4 is 53.4 Å². The van der Waals surface area contributed by atoms with Crippen molar-refractivity contribution in [3.8, 4) is 0 Å². The van der Waals surface area contributed by atoms with Crippen LogP contribution in [0.2, 0.25) is 0 Å². The summed E-state index contributed by atoms with van der Waals surface area (Å²) in [4.78, 5) is 43.1. The fraction of sp³-hybridized carbons (Fsp3) is 0. The largest absolute Gasteiger partial charge is 2.00 e. The van der Waals surface area contributed by atoms with Crippen LogP contribution in [0, 0.1) is 0 Å². The maximum Gasteiger partial charge on any atom is 2.00 e. The Labute approximate surface area is 96.8 Å². The third-order valence-corrected chi connectivity index (χ3v) is 0. The molecule has 12 heavy (non-hydrogen) atoms. The van der Waals surface area contributed by atoms with Gasteiger partial charge in [0.2, 0.25) is 0 Å². The van der Waals surface area contributed by atoms with Crippen LogP contribution in [0.15, 0.2) is 0 Å². The van der Waals surface area contributed by atoms with E-state index in [4.69, 9.17) is 38.5 Å². The Morgan fingerprint density at radius 1 is 0.667 bits per heavy atom. The second-order valence-corrected chi connectivity index (χ2v) is 3.08. The van der Waals surface area contributed by atoms with Gasteiger partial charge in [0, 0.05) is 0 Å². The van der Waals surface area contributed by atoms with Crippen LogP contribution in [0.1, 0.15) is 0 Å². The van der Waals surface area contributed by atoms with Crippen molar-refractivity contribution in [1.82, 2.24) is 0 Å². The van der Waals surface area contributed by atoms with Crippen molar-refractivity contribution in [1.29, 1.82) is 0 Å². The minimum atomic E-state index is -4.64. The number of hydrogen-bond donors (Lipinski definition) is 6. The molecule has 0 aromatic heterocycles. The second kappa shape index (κ2) is 9.01. The maximum absolute atomic E-state index is 8.88. The van der Waals surface area contributed by atoms with Crippen LogP contribution in [0.3, 0.4) is 0 Å². The Morgan fingerprint density at radius 3 is 0.667 bits per heavy atom. The summed E-state index contributed by atoms with van der Waals surface area (Å²) in [5.74, 6) is 0. The van der Waals surface area contributed by atoms with Crippen LogP contribution in [0.25, 0.3) is 0 Å². The van der Waals surface area contributed by atoms with E-state index in [1.807, 2.05) is 0 Å². The molecule has 0 fully saturated rings. The Kier molecular flexibility index (Phi) is 17.5. The summed E-state index contributed by atoms with van der Waals surface area (Å²) in [5, 5.41) is 0. The smallest absolute Gasteiger partial charge is 0.412 e. The van der Waals surface area contributed by atoms with Crippen molar-refractivity contribution in [2.45, 2.75) is 0 Å². The van der Waals surface area contributed by atoms with Gasteiger partial charge >= 0.3 is 53.4 Å². The van der Waals surface area contributed by atoms with Gasteiger partial charge in [-0.05, 0) is 0 Å². The zero-order valence-electron chi connectivity index (χ0n) is 5.60. The van der Waals surface area contributed by atoms with Crippen molar-refractivity contribution < 1.29 is 44.0 Å². The molecule has 0 aliphatic carbocycles. The Balaban J connectivity index is -0.0000000457. The Hall–Kier alpha value is 1.44. The summed E-state index contributed by atoms with van der Waals surface area (Å²) in [6.07, 6.45) is 0. The predicted octanol–water partition coefficient (Wildman–Crippen LogP) is -3.06. The SMILES string of the molecule is O.O=P(O)(O)O.O=P(O)(O)O.[Ca+2]. The van der Waals surface area contributed by atoms with E-state index < -0.39 is 15.6 Å². The molecule has 0 atom stereocenters. The van der Waals surface area contributed by atoms with Gasteiger partial charge in [-0.25, -0.2) is 9.13 Å². The minimum absolute atomic E-state index is 0. The van der Waals surface area contributed by atoms with Gasteiger partial charge in [0.15, 0.2) is 0 Å². The van der Waals surface area contributed by atoms with Crippen molar-refractivity contribution in [3.05, 3.63) is 0 Å². The van der Waals surface area contributed by atoms with Crippen LogP contribution < -0.4 is 0 Å². The fourth-order valence-corrected chi connectivity index (χ4v) is 0. The molecule has 0 heterocycles. The molecule has 0 saturated carbocycles. The van der Waals surface area contributed by atoms with Gasteiger partial charge in [0.25, 0.3) is 0 Å². The van der Waals surface area contributed by atoms with Crippen LogP contribution >= 0.6 is 15.6 Å². The number of hydrogen-bond acceptors (Lipinski definition) is 2. The maximum atomic E-state index is 8.88. The van der Waals surface area contributed by atoms with E-state index in [2.05, 4.69) is 0 Å². The summed E-state index contributed by atoms with van der Waals surface area (Å²) < 4.78 is 17.8. The standard InChI is InChI=1S/Ca.2H3O4P.H2O/c;2*1-5(2,3)4;/h;2*(H3,1,2,3,4);1H2/q+2;;;. The minimum Gasteiger partial charge on any atom is -0.412 e. The summed E-state index contributed by atoms with van der Waals surface area (Å²) in [7, 11) is -9.28. The molecule has 0 rings (SSSR count). The number of rotatable bonds is 0. The molecule has 12 heteroatoms. The normalized spacial score (nSPS) is 9.83. The Bertz CT molecular complexity index is 125. The van der Waals surface area contributed by atoms with Gasteiger partial charge in [-0.15, -0.1) is 0 Å². The van der Waals surface area contributed by atoms with Gasteiger partial charge in [-0.3, -0.25) is 0 Å². The molecule has 0 saturated heterocycles. The first kappa shape index (κ1) is 23.3. The van der Waals surface area contributed by atoms with Crippen LogP contribution in [0.4, 0.5) is 0 Å². The van der Waals surface area contributed by atoms with Gasteiger partial charge in [-0.1, -0.05) is 0 Å². The molecule has 0 aromatic carbocycles. The van der Waals surface area contributed by atoms with Gasteiger partial charge in [-0.2, -0.15) is 0 Å². The molecule has 72 valence electrons. The first-order valence-corrected chi connectivity index (χ1v) is 4.70. The van der Waals surface area contributed by atoms with Crippen LogP contribution in [-0.4, -0.2) is 72.6 Å². The van der Waals surface area contributed by atoms with Gasteiger partial charge in [0.1, 0.15) is 0 Å². The van der Waals surface area contributed by atoms with Crippen LogP contribution in [0.5, 0.6) is 0 Å². The molecule has 0 aliphatic heterocycles. The quantitative estimate of drug-likeness (QED) is 0.194. The molecule has 0 amide bonds. The third kappa shape index (κ3) is 601. The number of phosphoric acid groups is 2. The molecule has 0 spiro atoms. The van der Waals surface area contributed by atoms with E-state index in [1.54, 1.807) is 0 Å². The van der Waals surface area contributed by atoms with Crippen molar-refractivity contribution in [2.24, 2.45) is 0 Å². The molecular weight excluding hydrogens is 246 g/mol. The first-order valence-electron chi connectivity index (χ1n) is 1.57. The molecule has 9 nitrogen and oxygen atoms in total.